The normalized spacial score (nSPS) is 20.1. The van der Waals surface area contributed by atoms with E-state index in [-0.39, 0.29) is 5.41 Å². The fourth-order valence-corrected chi connectivity index (χ4v) is 4.08. The van der Waals surface area contributed by atoms with Gasteiger partial charge in [-0.2, -0.15) is 11.3 Å². The Kier molecular flexibility index (Phi) is 3.89. The van der Waals surface area contributed by atoms with E-state index in [1.807, 2.05) is 6.07 Å². The molecule has 3 rings (SSSR count). The Bertz CT molecular complexity index is 589. The van der Waals surface area contributed by atoms with Crippen molar-refractivity contribution in [2.24, 2.45) is 5.41 Å². The topological polar surface area (TPSA) is 12.0 Å². The Morgan fingerprint density at radius 2 is 2.20 bits per heavy atom. The number of hydrogen-bond donors (Lipinski definition) is 1. The molecule has 1 aromatic carbocycles. The van der Waals surface area contributed by atoms with Gasteiger partial charge in [0.2, 0.25) is 0 Å². The minimum Gasteiger partial charge on any atom is -0.309 e. The van der Waals surface area contributed by atoms with Crippen molar-refractivity contribution in [1.29, 1.82) is 0 Å². The molecule has 1 nitrogen and oxygen atoms in total. The Morgan fingerprint density at radius 1 is 1.35 bits per heavy atom. The highest BCUT2D eigenvalue weighted by atomic mass is 35.5. The molecule has 1 heterocycles. The summed E-state index contributed by atoms with van der Waals surface area (Å²) < 4.78 is 0. The van der Waals surface area contributed by atoms with Gasteiger partial charge in [0.05, 0.1) is 0 Å². The molecule has 2 aromatic rings. The second-order valence-electron chi connectivity index (χ2n) is 6.28. The second-order valence-corrected chi connectivity index (χ2v) is 7.49. The van der Waals surface area contributed by atoms with Crippen molar-refractivity contribution in [2.75, 3.05) is 6.54 Å². The summed E-state index contributed by atoms with van der Waals surface area (Å²) in [5.74, 6) is 0. The lowest BCUT2D eigenvalue weighted by Gasteiger charge is -2.28. The van der Waals surface area contributed by atoms with Crippen LogP contribution in [0.5, 0.6) is 0 Å². The van der Waals surface area contributed by atoms with Gasteiger partial charge in [-0.1, -0.05) is 31.5 Å². The summed E-state index contributed by atoms with van der Waals surface area (Å²) in [4.78, 5) is 0. The fourth-order valence-electron chi connectivity index (χ4n) is 3.19. The Labute approximate surface area is 130 Å². The lowest BCUT2D eigenvalue weighted by Crippen LogP contribution is -2.32. The standard InChI is InChI=1S/C17H20ClNS/c1-17(2)10-13-3-4-14(18)9-15(13)16(17)19-7-5-12-6-8-20-11-12/h3-4,6,8-9,11,16,19H,5,7,10H2,1-2H3. The van der Waals surface area contributed by atoms with Gasteiger partial charge < -0.3 is 5.32 Å². The predicted molar refractivity (Wildman–Crippen MR) is 87.7 cm³/mol. The number of hydrogen-bond acceptors (Lipinski definition) is 2. The predicted octanol–water partition coefficient (Wildman–Crippen LogP) is 4.86. The summed E-state index contributed by atoms with van der Waals surface area (Å²) in [5, 5.41) is 8.95. The number of nitrogens with one attached hydrogen (secondary N) is 1. The third kappa shape index (κ3) is 2.78. The molecule has 0 fully saturated rings. The van der Waals surface area contributed by atoms with Gasteiger partial charge >= 0.3 is 0 Å². The Morgan fingerprint density at radius 3 is 2.95 bits per heavy atom. The van der Waals surface area contributed by atoms with Gasteiger partial charge in [-0.15, -0.1) is 0 Å². The van der Waals surface area contributed by atoms with E-state index in [9.17, 15) is 0 Å². The summed E-state index contributed by atoms with van der Waals surface area (Å²) in [7, 11) is 0. The largest absolute Gasteiger partial charge is 0.309 e. The maximum atomic E-state index is 6.17. The Hall–Kier alpha value is -0.830. The molecule has 1 N–H and O–H groups in total. The van der Waals surface area contributed by atoms with Gasteiger partial charge in [-0.25, -0.2) is 0 Å². The molecule has 1 aromatic heterocycles. The van der Waals surface area contributed by atoms with Crippen LogP contribution in [-0.4, -0.2) is 6.54 Å². The SMILES string of the molecule is CC1(C)Cc2ccc(Cl)cc2C1NCCc1ccsc1. The minimum absolute atomic E-state index is 0.252. The monoisotopic (exact) mass is 305 g/mol. The number of fused-ring (bicyclic) bond motifs is 1. The van der Waals surface area contributed by atoms with Crippen LogP contribution in [0.25, 0.3) is 0 Å². The van der Waals surface area contributed by atoms with Crippen molar-refractivity contribution < 1.29 is 0 Å². The average molecular weight is 306 g/mol. The van der Waals surface area contributed by atoms with Crippen LogP contribution in [0.3, 0.4) is 0 Å². The van der Waals surface area contributed by atoms with Crippen LogP contribution in [-0.2, 0) is 12.8 Å². The van der Waals surface area contributed by atoms with Crippen LogP contribution in [0.1, 0.15) is 36.6 Å². The highest BCUT2D eigenvalue weighted by molar-refractivity contribution is 7.07. The zero-order valence-electron chi connectivity index (χ0n) is 11.9. The van der Waals surface area contributed by atoms with Gasteiger partial charge in [-0.05, 0) is 70.5 Å². The van der Waals surface area contributed by atoms with Crippen LogP contribution >= 0.6 is 22.9 Å². The molecule has 1 atom stereocenters. The maximum Gasteiger partial charge on any atom is 0.0409 e. The fraction of sp³-hybridized carbons (Fsp3) is 0.412. The number of benzene rings is 1. The molecule has 1 aliphatic carbocycles. The van der Waals surface area contributed by atoms with Crippen molar-refractivity contribution >= 4 is 22.9 Å². The lowest BCUT2D eigenvalue weighted by atomic mass is 9.85. The molecule has 0 spiro atoms. The average Bonchev–Trinajstić information content (AvgIpc) is 2.97. The molecule has 0 saturated heterocycles. The van der Waals surface area contributed by atoms with E-state index in [2.05, 4.69) is 48.1 Å². The van der Waals surface area contributed by atoms with Crippen molar-refractivity contribution in [3.05, 3.63) is 56.7 Å². The van der Waals surface area contributed by atoms with Crippen LogP contribution in [0, 0.1) is 5.41 Å². The van der Waals surface area contributed by atoms with E-state index < -0.39 is 0 Å². The second kappa shape index (κ2) is 5.51. The van der Waals surface area contributed by atoms with Crippen molar-refractivity contribution in [2.45, 2.75) is 32.7 Å². The summed E-state index contributed by atoms with van der Waals surface area (Å²) in [5.41, 5.74) is 4.49. The van der Waals surface area contributed by atoms with Crippen LogP contribution in [0.4, 0.5) is 0 Å². The number of thiophene rings is 1. The minimum atomic E-state index is 0.252. The molecule has 0 radical (unpaired) electrons. The molecule has 0 bridgehead atoms. The molecule has 0 aliphatic heterocycles. The molecular formula is C17H20ClNS. The summed E-state index contributed by atoms with van der Waals surface area (Å²) in [6.07, 6.45) is 2.21. The summed E-state index contributed by atoms with van der Waals surface area (Å²) >= 11 is 7.94. The van der Waals surface area contributed by atoms with Gasteiger partial charge in [0, 0.05) is 11.1 Å². The molecule has 3 heteroatoms. The maximum absolute atomic E-state index is 6.17. The molecule has 1 unspecified atom stereocenters. The van der Waals surface area contributed by atoms with E-state index in [4.69, 9.17) is 11.6 Å². The zero-order valence-corrected chi connectivity index (χ0v) is 13.5. The first-order valence-corrected chi connectivity index (χ1v) is 8.41. The quantitative estimate of drug-likeness (QED) is 0.851. The molecule has 20 heavy (non-hydrogen) atoms. The first kappa shape index (κ1) is 14.1. The highest BCUT2D eigenvalue weighted by Gasteiger charge is 2.38. The summed E-state index contributed by atoms with van der Waals surface area (Å²) in [6, 6.07) is 8.92. The molecular weight excluding hydrogens is 286 g/mol. The van der Waals surface area contributed by atoms with Crippen LogP contribution in [0.2, 0.25) is 5.02 Å². The Balaban J connectivity index is 1.73. The first-order valence-electron chi connectivity index (χ1n) is 7.09. The van der Waals surface area contributed by atoms with Crippen molar-refractivity contribution in [3.63, 3.8) is 0 Å². The zero-order chi connectivity index (χ0) is 14.2. The van der Waals surface area contributed by atoms with E-state index >= 15 is 0 Å². The van der Waals surface area contributed by atoms with E-state index in [1.165, 1.54) is 16.7 Å². The van der Waals surface area contributed by atoms with Gasteiger partial charge in [-0.3, -0.25) is 0 Å². The van der Waals surface area contributed by atoms with E-state index in [0.29, 0.717) is 6.04 Å². The van der Waals surface area contributed by atoms with Gasteiger partial charge in [0.15, 0.2) is 0 Å². The first-order chi connectivity index (χ1) is 9.56. The number of rotatable bonds is 4. The summed E-state index contributed by atoms with van der Waals surface area (Å²) in [6.45, 7) is 5.68. The third-order valence-corrected chi connectivity index (χ3v) is 5.16. The third-order valence-electron chi connectivity index (χ3n) is 4.19. The highest BCUT2D eigenvalue weighted by Crippen LogP contribution is 2.45. The van der Waals surface area contributed by atoms with Gasteiger partial charge in [0.25, 0.3) is 0 Å². The smallest absolute Gasteiger partial charge is 0.0409 e. The van der Waals surface area contributed by atoms with E-state index in [1.54, 1.807) is 11.3 Å². The molecule has 0 saturated carbocycles. The lowest BCUT2D eigenvalue weighted by molar-refractivity contribution is 0.271. The van der Waals surface area contributed by atoms with Crippen molar-refractivity contribution in [3.8, 4) is 0 Å². The van der Waals surface area contributed by atoms with Crippen molar-refractivity contribution in [1.82, 2.24) is 5.32 Å². The molecule has 1 aliphatic rings. The van der Waals surface area contributed by atoms with E-state index in [0.717, 1.165) is 24.4 Å². The molecule has 0 amide bonds. The van der Waals surface area contributed by atoms with Crippen LogP contribution < -0.4 is 5.32 Å². The van der Waals surface area contributed by atoms with Gasteiger partial charge in [0.1, 0.15) is 0 Å². The molecule has 106 valence electrons. The number of halogens is 1. The van der Waals surface area contributed by atoms with Crippen LogP contribution in [0.15, 0.2) is 35.0 Å².